The SMILES string of the molecule is CC(CN)[S][Ge]([CH2]c1ccccc1)[S]C(C)CN. The van der Waals surface area contributed by atoms with Crippen molar-refractivity contribution in [2.75, 3.05) is 13.1 Å². The molecule has 101 valence electrons. The molecule has 0 aliphatic heterocycles. The van der Waals surface area contributed by atoms with Crippen molar-refractivity contribution >= 4 is 32.2 Å². The Morgan fingerprint density at radius 3 is 1.94 bits per heavy atom. The number of rotatable bonds is 8. The standard InChI is InChI=1S/C13H23GeN2S2/c1-11(9-15)17-14(18-12(2)10-16)8-13-6-4-3-5-7-13/h3-7,11-12H,8-10,15-16H2,1-2H3. The molecule has 0 fully saturated rings. The van der Waals surface area contributed by atoms with Crippen LogP contribution in [0, 0.1) is 0 Å². The summed E-state index contributed by atoms with van der Waals surface area (Å²) in [6.45, 7) is 6.01. The summed E-state index contributed by atoms with van der Waals surface area (Å²) in [4.78, 5) is 0. The summed E-state index contributed by atoms with van der Waals surface area (Å²) < 4.78 is 0. The predicted molar refractivity (Wildman–Crippen MR) is 88.1 cm³/mol. The van der Waals surface area contributed by atoms with Gasteiger partial charge in [0.05, 0.1) is 0 Å². The second kappa shape index (κ2) is 9.31. The first-order valence-electron chi connectivity index (χ1n) is 6.29. The van der Waals surface area contributed by atoms with Crippen LogP contribution in [0.2, 0.25) is 0 Å². The molecule has 0 saturated heterocycles. The van der Waals surface area contributed by atoms with E-state index in [-0.39, 0.29) is 0 Å². The molecule has 1 radical (unpaired) electrons. The van der Waals surface area contributed by atoms with E-state index in [0.717, 1.165) is 13.1 Å². The van der Waals surface area contributed by atoms with Crippen LogP contribution in [0.15, 0.2) is 30.3 Å². The van der Waals surface area contributed by atoms with Crippen molar-refractivity contribution in [1.82, 2.24) is 0 Å². The van der Waals surface area contributed by atoms with E-state index in [1.54, 1.807) is 0 Å². The average Bonchev–Trinajstić information content (AvgIpc) is 2.39. The zero-order valence-electron chi connectivity index (χ0n) is 11.1. The number of hydrogen-bond donors (Lipinski definition) is 2. The van der Waals surface area contributed by atoms with Gasteiger partial charge < -0.3 is 0 Å². The molecule has 0 amide bonds. The van der Waals surface area contributed by atoms with Crippen LogP contribution < -0.4 is 11.5 Å². The molecule has 0 aliphatic carbocycles. The maximum absolute atomic E-state index is 5.75. The van der Waals surface area contributed by atoms with Crippen LogP contribution in [0.5, 0.6) is 0 Å². The van der Waals surface area contributed by atoms with E-state index in [0.29, 0.717) is 10.5 Å². The Labute approximate surface area is 122 Å². The van der Waals surface area contributed by atoms with Crippen molar-refractivity contribution in [1.29, 1.82) is 0 Å². The molecule has 0 heterocycles. The molecule has 5 heteroatoms. The molecule has 18 heavy (non-hydrogen) atoms. The van der Waals surface area contributed by atoms with Gasteiger partial charge >= 0.3 is 122 Å². The van der Waals surface area contributed by atoms with Gasteiger partial charge in [0, 0.05) is 0 Å². The minimum atomic E-state index is -1.23. The van der Waals surface area contributed by atoms with E-state index in [1.807, 2.05) is 0 Å². The second-order valence-corrected chi connectivity index (χ2v) is 18.2. The van der Waals surface area contributed by atoms with Crippen molar-refractivity contribution in [3.05, 3.63) is 35.9 Å². The molecule has 2 atom stereocenters. The topological polar surface area (TPSA) is 52.0 Å². The molecule has 1 aromatic rings. The Balaban J connectivity index is 2.59. The van der Waals surface area contributed by atoms with Crippen molar-refractivity contribution in [3.8, 4) is 0 Å². The van der Waals surface area contributed by atoms with Crippen molar-refractivity contribution in [3.63, 3.8) is 0 Å². The van der Waals surface area contributed by atoms with E-state index >= 15 is 0 Å². The molecule has 2 nitrogen and oxygen atoms in total. The summed E-state index contributed by atoms with van der Waals surface area (Å²) >= 11 is -1.23. The van der Waals surface area contributed by atoms with Crippen molar-refractivity contribution < 1.29 is 0 Å². The van der Waals surface area contributed by atoms with Gasteiger partial charge in [-0.3, -0.25) is 0 Å². The summed E-state index contributed by atoms with van der Waals surface area (Å²) in [5, 5.41) is 2.38. The van der Waals surface area contributed by atoms with E-state index < -0.39 is 12.1 Å². The summed E-state index contributed by atoms with van der Waals surface area (Å²) in [6, 6.07) is 10.8. The number of benzene rings is 1. The summed E-state index contributed by atoms with van der Waals surface area (Å²) in [5.74, 6) is 0. The van der Waals surface area contributed by atoms with Gasteiger partial charge in [-0.25, -0.2) is 0 Å². The van der Waals surface area contributed by atoms with Crippen LogP contribution in [0.1, 0.15) is 19.4 Å². The Morgan fingerprint density at radius 1 is 1.00 bits per heavy atom. The number of hydrogen-bond acceptors (Lipinski definition) is 4. The van der Waals surface area contributed by atoms with Gasteiger partial charge in [0.15, 0.2) is 0 Å². The molecule has 0 aliphatic rings. The van der Waals surface area contributed by atoms with Gasteiger partial charge in [0.1, 0.15) is 0 Å². The second-order valence-electron chi connectivity index (χ2n) is 4.36. The van der Waals surface area contributed by atoms with Gasteiger partial charge in [0.2, 0.25) is 0 Å². The fraction of sp³-hybridized carbons (Fsp3) is 0.538. The fourth-order valence-electron chi connectivity index (χ4n) is 1.42. The third-order valence-corrected chi connectivity index (χ3v) is 18.6. The Morgan fingerprint density at radius 2 is 1.50 bits per heavy atom. The van der Waals surface area contributed by atoms with Gasteiger partial charge in [-0.05, 0) is 0 Å². The zero-order valence-corrected chi connectivity index (χ0v) is 14.9. The molecule has 2 unspecified atom stereocenters. The molecule has 1 rings (SSSR count). The average molecular weight is 344 g/mol. The normalized spacial score (nSPS) is 14.7. The Bertz CT molecular complexity index is 312. The van der Waals surface area contributed by atoms with Crippen LogP contribution >= 0.6 is 20.2 Å². The van der Waals surface area contributed by atoms with Crippen molar-refractivity contribution in [2.24, 2.45) is 11.5 Å². The maximum atomic E-state index is 5.75. The van der Waals surface area contributed by atoms with Crippen LogP contribution in [-0.2, 0) is 5.25 Å². The first-order chi connectivity index (χ1) is 8.65. The third kappa shape index (κ3) is 6.52. The van der Waals surface area contributed by atoms with E-state index in [9.17, 15) is 0 Å². The van der Waals surface area contributed by atoms with Crippen LogP contribution in [0.25, 0.3) is 0 Å². The molecule has 4 N–H and O–H groups in total. The minimum absolute atomic E-state index is 0.571. The zero-order chi connectivity index (χ0) is 13.4. The van der Waals surface area contributed by atoms with E-state index in [2.05, 4.69) is 64.4 Å². The molecule has 0 spiro atoms. The molecular weight excluding hydrogens is 321 g/mol. The monoisotopic (exact) mass is 345 g/mol. The van der Waals surface area contributed by atoms with E-state index in [1.165, 1.54) is 10.8 Å². The van der Waals surface area contributed by atoms with Crippen LogP contribution in [0.3, 0.4) is 0 Å². The van der Waals surface area contributed by atoms with E-state index in [4.69, 9.17) is 11.5 Å². The van der Waals surface area contributed by atoms with Gasteiger partial charge in [-0.2, -0.15) is 0 Å². The first-order valence-corrected chi connectivity index (χ1v) is 14.7. The molecule has 0 saturated carbocycles. The summed E-state index contributed by atoms with van der Waals surface area (Å²) in [6.07, 6.45) is 0. The molecule has 0 aromatic heterocycles. The Kier molecular flexibility index (Phi) is 8.50. The van der Waals surface area contributed by atoms with Crippen LogP contribution in [-0.4, -0.2) is 35.7 Å². The van der Waals surface area contributed by atoms with Gasteiger partial charge in [0.25, 0.3) is 0 Å². The first kappa shape index (κ1) is 16.4. The molecule has 0 bridgehead atoms. The van der Waals surface area contributed by atoms with Gasteiger partial charge in [-0.1, -0.05) is 0 Å². The quantitative estimate of drug-likeness (QED) is 0.712. The predicted octanol–water partition coefficient (Wildman–Crippen LogP) is 2.42. The summed E-state index contributed by atoms with van der Waals surface area (Å²) in [7, 11) is 4.26. The fourth-order valence-corrected chi connectivity index (χ4v) is 19.9. The molecule has 1 aromatic carbocycles. The van der Waals surface area contributed by atoms with Crippen molar-refractivity contribution in [2.45, 2.75) is 29.6 Å². The van der Waals surface area contributed by atoms with Gasteiger partial charge in [-0.15, -0.1) is 0 Å². The Hall–Kier alpha value is 0.383. The summed E-state index contributed by atoms with van der Waals surface area (Å²) in [5.41, 5.74) is 13.0. The number of nitrogens with two attached hydrogens (primary N) is 2. The molecular formula is C13H23GeN2S2. The third-order valence-electron chi connectivity index (χ3n) is 2.52. The van der Waals surface area contributed by atoms with Crippen LogP contribution in [0.4, 0.5) is 0 Å².